The van der Waals surface area contributed by atoms with E-state index in [1.165, 1.54) is 4.68 Å². The van der Waals surface area contributed by atoms with Crippen LogP contribution in [0.2, 0.25) is 0 Å². The van der Waals surface area contributed by atoms with Gasteiger partial charge in [-0.05, 0) is 55.5 Å². The number of anilines is 1. The zero-order valence-electron chi connectivity index (χ0n) is 15.4. The van der Waals surface area contributed by atoms with Crippen LogP contribution in [0.5, 0.6) is 11.6 Å². The van der Waals surface area contributed by atoms with Crippen molar-refractivity contribution in [2.24, 2.45) is 0 Å². The van der Waals surface area contributed by atoms with E-state index in [0.717, 1.165) is 0 Å². The summed E-state index contributed by atoms with van der Waals surface area (Å²) in [7, 11) is 1.56. The van der Waals surface area contributed by atoms with E-state index >= 15 is 0 Å². The van der Waals surface area contributed by atoms with E-state index < -0.39 is 5.56 Å². The van der Waals surface area contributed by atoms with Crippen LogP contribution >= 0.6 is 0 Å². The summed E-state index contributed by atoms with van der Waals surface area (Å²) in [4.78, 5) is 35.8. The highest BCUT2D eigenvalue weighted by Crippen LogP contribution is 2.17. The Morgan fingerprint density at radius 2 is 1.82 bits per heavy atom. The molecule has 2 N–H and O–H groups in total. The van der Waals surface area contributed by atoms with Crippen molar-refractivity contribution in [1.82, 2.24) is 9.78 Å². The molecule has 0 saturated carbocycles. The van der Waals surface area contributed by atoms with Crippen molar-refractivity contribution in [1.29, 1.82) is 0 Å². The Hall–Kier alpha value is -3.81. The Balaban J connectivity index is 1.79. The van der Waals surface area contributed by atoms with Gasteiger partial charge in [0, 0.05) is 11.3 Å². The molecule has 0 fully saturated rings. The third-order valence-electron chi connectivity index (χ3n) is 4.03. The van der Waals surface area contributed by atoms with Crippen LogP contribution in [0.3, 0.4) is 0 Å². The van der Waals surface area contributed by atoms with Crippen LogP contribution in [0.1, 0.15) is 27.6 Å². The minimum atomic E-state index is -0.506. The number of methoxy groups -OCH3 is 1. The second-order valence-corrected chi connectivity index (χ2v) is 5.78. The molecule has 0 aliphatic carbocycles. The molecule has 0 radical (unpaired) electrons. The third-order valence-corrected chi connectivity index (χ3v) is 4.03. The van der Waals surface area contributed by atoms with Crippen LogP contribution in [0, 0.1) is 0 Å². The molecule has 144 valence electrons. The van der Waals surface area contributed by atoms with Crippen LogP contribution in [0.4, 0.5) is 5.69 Å². The number of nitrogens with zero attached hydrogens (tertiary/aromatic N) is 1. The van der Waals surface area contributed by atoms with Crippen LogP contribution < -0.4 is 20.3 Å². The number of nitrogens with one attached hydrogen (secondary N) is 2. The highest BCUT2D eigenvalue weighted by atomic mass is 16.5. The van der Waals surface area contributed by atoms with Crippen molar-refractivity contribution in [3.63, 3.8) is 0 Å². The lowest BCUT2D eigenvalue weighted by Crippen LogP contribution is -2.17. The summed E-state index contributed by atoms with van der Waals surface area (Å²) < 4.78 is 11.6. The molecule has 0 unspecified atom stereocenters. The lowest BCUT2D eigenvalue weighted by molar-refractivity contribution is 0.102. The molecule has 2 aromatic carbocycles. The SMILES string of the molecule is CCOc1[nH]n(-c2ccc(NC(=O)c3ccc(OC)cc3)cc2)c(=O)c1C=O. The molecule has 1 heterocycles. The van der Waals surface area contributed by atoms with Crippen molar-refractivity contribution >= 4 is 17.9 Å². The zero-order valence-corrected chi connectivity index (χ0v) is 15.4. The van der Waals surface area contributed by atoms with Crippen LogP contribution in [-0.4, -0.2) is 35.7 Å². The van der Waals surface area contributed by atoms with Crippen LogP contribution in [0.25, 0.3) is 5.69 Å². The van der Waals surface area contributed by atoms with Gasteiger partial charge in [0.1, 0.15) is 11.3 Å². The fourth-order valence-corrected chi connectivity index (χ4v) is 2.61. The molecule has 1 aromatic heterocycles. The van der Waals surface area contributed by atoms with Gasteiger partial charge in [0.25, 0.3) is 11.5 Å². The van der Waals surface area contributed by atoms with Crippen molar-refractivity contribution in [2.75, 3.05) is 19.0 Å². The highest BCUT2D eigenvalue weighted by molar-refractivity contribution is 6.04. The first kappa shape index (κ1) is 19.0. The van der Waals surface area contributed by atoms with Gasteiger partial charge in [-0.3, -0.25) is 19.5 Å². The van der Waals surface area contributed by atoms with Gasteiger partial charge in [0.15, 0.2) is 6.29 Å². The first-order valence-corrected chi connectivity index (χ1v) is 8.56. The molecular formula is C20H19N3O5. The number of carbonyl (C=O) groups is 2. The molecule has 0 aliphatic heterocycles. The average Bonchev–Trinajstić information content (AvgIpc) is 3.04. The summed E-state index contributed by atoms with van der Waals surface area (Å²) in [5.41, 5.74) is 0.973. The molecule has 0 spiro atoms. The van der Waals surface area contributed by atoms with Crippen molar-refractivity contribution in [3.05, 3.63) is 70.0 Å². The number of H-pyrrole nitrogens is 1. The van der Waals surface area contributed by atoms with Crippen molar-refractivity contribution < 1.29 is 19.1 Å². The zero-order chi connectivity index (χ0) is 20.1. The summed E-state index contributed by atoms with van der Waals surface area (Å²) >= 11 is 0. The van der Waals surface area contributed by atoms with Gasteiger partial charge in [-0.25, -0.2) is 4.68 Å². The van der Waals surface area contributed by atoms with Gasteiger partial charge in [-0.2, -0.15) is 0 Å². The summed E-state index contributed by atoms with van der Waals surface area (Å²) in [5, 5.41) is 5.55. The molecule has 8 nitrogen and oxygen atoms in total. The standard InChI is InChI=1S/C20H19N3O5/c1-3-28-19-17(12-24)20(26)23(22-19)15-8-6-14(7-9-15)21-18(25)13-4-10-16(27-2)11-5-13/h4-12,22H,3H2,1-2H3,(H,21,25). The Morgan fingerprint density at radius 3 is 2.39 bits per heavy atom. The number of ether oxygens (including phenoxy) is 2. The Morgan fingerprint density at radius 1 is 1.14 bits per heavy atom. The molecule has 0 aliphatic rings. The first-order valence-electron chi connectivity index (χ1n) is 8.56. The van der Waals surface area contributed by atoms with E-state index in [1.807, 2.05) is 0 Å². The molecule has 8 heteroatoms. The number of aromatic nitrogens is 2. The molecule has 3 aromatic rings. The number of hydrogen-bond acceptors (Lipinski definition) is 5. The topological polar surface area (TPSA) is 102 Å². The number of carbonyl (C=O) groups excluding carboxylic acids is 2. The van der Waals surface area contributed by atoms with E-state index in [-0.39, 0.29) is 17.4 Å². The summed E-state index contributed by atoms with van der Waals surface area (Å²) in [6.45, 7) is 2.07. The predicted molar refractivity (Wildman–Crippen MR) is 104 cm³/mol. The van der Waals surface area contributed by atoms with Crippen LogP contribution in [-0.2, 0) is 0 Å². The van der Waals surface area contributed by atoms with E-state index in [9.17, 15) is 14.4 Å². The molecular weight excluding hydrogens is 362 g/mol. The third kappa shape index (κ3) is 3.80. The van der Waals surface area contributed by atoms with Gasteiger partial charge < -0.3 is 14.8 Å². The van der Waals surface area contributed by atoms with Gasteiger partial charge in [0.2, 0.25) is 5.88 Å². The largest absolute Gasteiger partial charge is 0.497 e. The maximum atomic E-state index is 12.3. The smallest absolute Gasteiger partial charge is 0.285 e. The Labute approximate surface area is 160 Å². The quantitative estimate of drug-likeness (QED) is 0.613. The first-order chi connectivity index (χ1) is 13.6. The number of amides is 1. The van der Waals surface area contributed by atoms with Gasteiger partial charge >= 0.3 is 0 Å². The van der Waals surface area contributed by atoms with Gasteiger partial charge in [-0.1, -0.05) is 0 Å². The second-order valence-electron chi connectivity index (χ2n) is 5.78. The summed E-state index contributed by atoms with van der Waals surface area (Å²) in [6, 6.07) is 13.3. The number of aromatic amines is 1. The Bertz CT molecular complexity index is 1030. The van der Waals surface area contributed by atoms with E-state index in [1.54, 1.807) is 62.6 Å². The molecule has 0 saturated heterocycles. The number of aldehydes is 1. The van der Waals surface area contributed by atoms with Crippen molar-refractivity contribution in [2.45, 2.75) is 6.92 Å². The maximum Gasteiger partial charge on any atom is 0.285 e. The number of hydrogen-bond donors (Lipinski definition) is 2. The lowest BCUT2D eigenvalue weighted by atomic mass is 10.2. The van der Waals surface area contributed by atoms with E-state index in [0.29, 0.717) is 35.6 Å². The lowest BCUT2D eigenvalue weighted by Gasteiger charge is -2.08. The Kier molecular flexibility index (Phi) is 5.59. The molecule has 0 atom stereocenters. The molecule has 1 amide bonds. The van der Waals surface area contributed by atoms with Gasteiger partial charge in [0.05, 0.1) is 19.4 Å². The molecule has 0 bridgehead atoms. The van der Waals surface area contributed by atoms with Crippen LogP contribution in [0.15, 0.2) is 53.3 Å². The van der Waals surface area contributed by atoms with Gasteiger partial charge in [-0.15, -0.1) is 0 Å². The fourth-order valence-electron chi connectivity index (χ4n) is 2.61. The monoisotopic (exact) mass is 381 g/mol. The summed E-state index contributed by atoms with van der Waals surface area (Å²) in [6.07, 6.45) is 0.462. The second kappa shape index (κ2) is 8.26. The highest BCUT2D eigenvalue weighted by Gasteiger charge is 2.15. The molecule has 3 rings (SSSR count). The minimum Gasteiger partial charge on any atom is -0.497 e. The normalized spacial score (nSPS) is 10.4. The fraction of sp³-hybridized carbons (Fsp3) is 0.150. The summed E-state index contributed by atoms with van der Waals surface area (Å²) in [5.74, 6) is 0.520. The average molecular weight is 381 g/mol. The molecule has 28 heavy (non-hydrogen) atoms. The number of rotatable bonds is 7. The number of benzene rings is 2. The van der Waals surface area contributed by atoms with E-state index in [2.05, 4.69) is 10.4 Å². The minimum absolute atomic E-state index is 0.0706. The van der Waals surface area contributed by atoms with Crippen molar-refractivity contribution in [3.8, 4) is 17.3 Å². The predicted octanol–water partition coefficient (Wildman–Crippen LogP) is 2.64. The maximum absolute atomic E-state index is 12.3. The van der Waals surface area contributed by atoms with E-state index in [4.69, 9.17) is 9.47 Å².